The number of benzene rings is 1. The zero-order valence-electron chi connectivity index (χ0n) is 16.8. The van der Waals surface area contributed by atoms with Gasteiger partial charge in [0.15, 0.2) is 6.61 Å². The second-order valence-electron chi connectivity index (χ2n) is 6.84. The highest BCUT2D eigenvalue weighted by molar-refractivity contribution is 7.89. The Morgan fingerprint density at radius 3 is 2.31 bits per heavy atom. The first-order valence-electron chi connectivity index (χ1n) is 9.44. The maximum atomic E-state index is 13.1. The van der Waals surface area contributed by atoms with Crippen LogP contribution in [0.2, 0.25) is 0 Å². The van der Waals surface area contributed by atoms with Crippen molar-refractivity contribution in [3.05, 3.63) is 41.5 Å². The van der Waals surface area contributed by atoms with Crippen LogP contribution >= 0.6 is 0 Å². The van der Waals surface area contributed by atoms with E-state index in [0.29, 0.717) is 23.7 Å². The molecule has 10 heteroatoms. The van der Waals surface area contributed by atoms with Crippen LogP contribution in [0.15, 0.2) is 29.2 Å². The highest BCUT2D eigenvalue weighted by Crippen LogP contribution is 2.24. The number of aryl methyl sites for hydroxylation is 2. The third-order valence-corrected chi connectivity index (χ3v) is 7.13. The molecule has 0 aliphatic carbocycles. The van der Waals surface area contributed by atoms with E-state index in [9.17, 15) is 17.6 Å². The molecule has 1 amide bonds. The fourth-order valence-corrected chi connectivity index (χ4v) is 5.23. The minimum absolute atomic E-state index is 0.181. The van der Waals surface area contributed by atoms with Gasteiger partial charge in [0, 0.05) is 32.7 Å². The minimum Gasteiger partial charge on any atom is -0.484 e. The number of ether oxygens (including phenoxy) is 1. The van der Waals surface area contributed by atoms with Gasteiger partial charge in [-0.1, -0.05) is 0 Å². The summed E-state index contributed by atoms with van der Waals surface area (Å²) >= 11 is 0. The van der Waals surface area contributed by atoms with Crippen LogP contribution in [0.3, 0.4) is 0 Å². The summed E-state index contributed by atoms with van der Waals surface area (Å²) in [5.41, 5.74) is 1.10. The Hall–Kier alpha value is -2.46. The highest BCUT2D eigenvalue weighted by atomic mass is 32.2. The van der Waals surface area contributed by atoms with E-state index in [4.69, 9.17) is 4.74 Å². The van der Waals surface area contributed by atoms with Crippen molar-refractivity contribution in [3.8, 4) is 5.75 Å². The SMILES string of the molecule is CCn1nc(C)c(S(=O)(=O)N2CCN(C(=O)COc3ccc(F)cc3)CC2)c1C. The van der Waals surface area contributed by atoms with Gasteiger partial charge in [0.2, 0.25) is 10.0 Å². The summed E-state index contributed by atoms with van der Waals surface area (Å²) in [6, 6.07) is 5.42. The molecule has 1 aliphatic rings. The van der Waals surface area contributed by atoms with Gasteiger partial charge < -0.3 is 9.64 Å². The van der Waals surface area contributed by atoms with Crippen molar-refractivity contribution in [2.75, 3.05) is 32.8 Å². The number of piperazine rings is 1. The van der Waals surface area contributed by atoms with Crippen LogP contribution in [-0.2, 0) is 21.4 Å². The molecule has 2 aromatic rings. The monoisotopic (exact) mass is 424 g/mol. The zero-order chi connectivity index (χ0) is 21.2. The number of carbonyl (C=O) groups excluding carboxylic acids is 1. The summed E-state index contributed by atoms with van der Waals surface area (Å²) in [4.78, 5) is 14.2. The normalized spacial score (nSPS) is 15.5. The van der Waals surface area contributed by atoms with Crippen molar-refractivity contribution >= 4 is 15.9 Å². The summed E-state index contributed by atoms with van der Waals surface area (Å²) in [5, 5.41) is 4.30. The lowest BCUT2D eigenvalue weighted by atomic mass is 10.3. The van der Waals surface area contributed by atoms with Gasteiger partial charge in [-0.05, 0) is 45.0 Å². The molecule has 29 heavy (non-hydrogen) atoms. The number of aromatic nitrogens is 2. The lowest BCUT2D eigenvalue weighted by Crippen LogP contribution is -2.51. The van der Waals surface area contributed by atoms with Gasteiger partial charge in [-0.2, -0.15) is 9.40 Å². The number of sulfonamides is 1. The van der Waals surface area contributed by atoms with Crippen LogP contribution in [0.5, 0.6) is 5.75 Å². The largest absolute Gasteiger partial charge is 0.484 e. The molecule has 0 unspecified atom stereocenters. The first-order chi connectivity index (χ1) is 13.7. The average Bonchev–Trinajstić information content (AvgIpc) is 3.01. The Morgan fingerprint density at radius 1 is 1.14 bits per heavy atom. The number of rotatable bonds is 6. The van der Waals surface area contributed by atoms with Gasteiger partial charge in [-0.25, -0.2) is 12.8 Å². The third kappa shape index (κ3) is 4.43. The van der Waals surface area contributed by atoms with E-state index in [2.05, 4.69) is 5.10 Å². The molecule has 158 valence electrons. The van der Waals surface area contributed by atoms with Crippen LogP contribution in [-0.4, -0.2) is 66.1 Å². The van der Waals surface area contributed by atoms with Crippen molar-refractivity contribution < 1.29 is 22.3 Å². The van der Waals surface area contributed by atoms with Gasteiger partial charge in [-0.3, -0.25) is 9.48 Å². The van der Waals surface area contributed by atoms with Gasteiger partial charge >= 0.3 is 0 Å². The van der Waals surface area contributed by atoms with E-state index in [1.807, 2.05) is 6.92 Å². The maximum Gasteiger partial charge on any atom is 0.260 e. The molecular formula is C19H25FN4O4S. The van der Waals surface area contributed by atoms with Gasteiger partial charge in [0.05, 0.1) is 11.4 Å². The molecule has 0 spiro atoms. The average molecular weight is 424 g/mol. The molecule has 8 nitrogen and oxygen atoms in total. The predicted octanol–water partition coefficient (Wildman–Crippen LogP) is 1.57. The summed E-state index contributed by atoms with van der Waals surface area (Å²) < 4.78 is 47.5. The molecule has 1 aliphatic heterocycles. The van der Waals surface area contributed by atoms with Gasteiger partial charge in [-0.15, -0.1) is 0 Å². The molecular weight excluding hydrogens is 399 g/mol. The van der Waals surface area contributed by atoms with Crippen molar-refractivity contribution in [1.82, 2.24) is 19.0 Å². The topological polar surface area (TPSA) is 84.7 Å². The molecule has 0 N–H and O–H groups in total. The second kappa shape index (κ2) is 8.50. The molecule has 1 aromatic heterocycles. The van der Waals surface area contributed by atoms with Crippen LogP contribution in [0.4, 0.5) is 4.39 Å². The Kier molecular flexibility index (Phi) is 6.23. The number of hydrogen-bond donors (Lipinski definition) is 0. The van der Waals surface area contributed by atoms with Gasteiger partial charge in [0.1, 0.15) is 16.5 Å². The number of amides is 1. The molecule has 0 bridgehead atoms. The third-order valence-electron chi connectivity index (χ3n) is 4.98. The zero-order valence-corrected chi connectivity index (χ0v) is 17.6. The molecule has 3 rings (SSSR count). The predicted molar refractivity (Wildman–Crippen MR) is 105 cm³/mol. The minimum atomic E-state index is -3.68. The number of halogens is 1. The fourth-order valence-electron chi connectivity index (χ4n) is 3.44. The Balaban J connectivity index is 1.60. The van der Waals surface area contributed by atoms with E-state index in [0.717, 1.165) is 0 Å². The molecule has 1 fully saturated rings. The van der Waals surface area contributed by atoms with E-state index in [1.54, 1.807) is 23.4 Å². The van der Waals surface area contributed by atoms with E-state index >= 15 is 0 Å². The van der Waals surface area contributed by atoms with E-state index < -0.39 is 10.0 Å². The molecule has 0 saturated carbocycles. The van der Waals surface area contributed by atoms with Gasteiger partial charge in [0.25, 0.3) is 5.91 Å². The first-order valence-corrected chi connectivity index (χ1v) is 10.9. The molecule has 1 saturated heterocycles. The number of nitrogens with zero attached hydrogens (tertiary/aromatic N) is 4. The second-order valence-corrected chi connectivity index (χ2v) is 8.72. The standard InChI is InChI=1S/C19H25FN4O4S/c1-4-24-15(3)19(14(2)21-24)29(26,27)23-11-9-22(10-12-23)18(25)13-28-17-7-5-16(20)6-8-17/h5-8H,4,9-13H2,1-3H3. The van der Waals surface area contributed by atoms with Crippen molar-refractivity contribution in [2.45, 2.75) is 32.2 Å². The number of carbonyl (C=O) groups is 1. The Bertz CT molecular complexity index is 980. The van der Waals surface area contributed by atoms with Crippen LogP contribution < -0.4 is 4.74 Å². The fraction of sp³-hybridized carbons (Fsp3) is 0.474. The maximum absolute atomic E-state index is 13.1. The van der Waals surface area contributed by atoms with Crippen molar-refractivity contribution in [2.24, 2.45) is 0 Å². The lowest BCUT2D eigenvalue weighted by molar-refractivity contribution is -0.134. The smallest absolute Gasteiger partial charge is 0.260 e. The number of hydrogen-bond acceptors (Lipinski definition) is 5. The Morgan fingerprint density at radius 2 is 1.76 bits per heavy atom. The van der Waals surface area contributed by atoms with Crippen LogP contribution in [0.1, 0.15) is 18.3 Å². The summed E-state index contributed by atoms with van der Waals surface area (Å²) in [6.07, 6.45) is 0. The first kappa shape index (κ1) is 21.3. The molecule has 0 radical (unpaired) electrons. The summed E-state index contributed by atoms with van der Waals surface area (Å²) in [5.74, 6) is -0.214. The van der Waals surface area contributed by atoms with Crippen molar-refractivity contribution in [3.63, 3.8) is 0 Å². The van der Waals surface area contributed by atoms with Crippen LogP contribution in [0, 0.1) is 19.7 Å². The van der Waals surface area contributed by atoms with Crippen LogP contribution in [0.25, 0.3) is 0 Å². The quantitative estimate of drug-likeness (QED) is 0.703. The molecule has 1 aromatic carbocycles. The Labute approximate surface area is 169 Å². The summed E-state index contributed by atoms with van der Waals surface area (Å²) in [7, 11) is -3.68. The van der Waals surface area contributed by atoms with Crippen molar-refractivity contribution in [1.29, 1.82) is 0 Å². The molecule has 0 atom stereocenters. The highest BCUT2D eigenvalue weighted by Gasteiger charge is 2.34. The molecule has 2 heterocycles. The van der Waals surface area contributed by atoms with E-state index in [-0.39, 0.29) is 49.4 Å². The van der Waals surface area contributed by atoms with E-state index in [1.165, 1.54) is 28.6 Å². The summed E-state index contributed by atoms with van der Waals surface area (Å²) in [6.45, 7) is 6.76. The lowest BCUT2D eigenvalue weighted by Gasteiger charge is -2.34.